The number of aliphatic hydroxyl groups excluding tert-OH is 2. The van der Waals surface area contributed by atoms with Crippen molar-refractivity contribution in [2.24, 2.45) is 5.92 Å². The van der Waals surface area contributed by atoms with Crippen LogP contribution in [-0.4, -0.2) is 145 Å². The van der Waals surface area contributed by atoms with Crippen LogP contribution in [-0.2, 0) is 47.6 Å². The van der Waals surface area contributed by atoms with Crippen molar-refractivity contribution in [2.45, 2.75) is 124 Å². The Balaban J connectivity index is 1.40. The van der Waals surface area contributed by atoms with Gasteiger partial charge in [0.15, 0.2) is 17.3 Å². The average Bonchev–Trinajstić information content (AvgIpc) is 3.40. The van der Waals surface area contributed by atoms with Crippen molar-refractivity contribution in [1.82, 2.24) is 20.9 Å². The molecule has 3 rings (SSSR count). The molecule has 3 aliphatic rings. The van der Waals surface area contributed by atoms with Crippen molar-refractivity contribution in [3.05, 3.63) is 24.3 Å². The fraction of sp³-hybridized carbons (Fsp3) is 0.757. The lowest BCUT2D eigenvalue weighted by atomic mass is 9.85. The van der Waals surface area contributed by atoms with E-state index in [1.165, 1.54) is 26.2 Å². The van der Waals surface area contributed by atoms with Gasteiger partial charge in [-0.3, -0.25) is 24.1 Å². The zero-order chi connectivity index (χ0) is 41.8. The van der Waals surface area contributed by atoms with E-state index in [-0.39, 0.29) is 68.6 Å². The molecule has 0 aliphatic carbocycles. The highest BCUT2D eigenvalue weighted by Crippen LogP contribution is 2.41. The molecule has 0 aromatic carbocycles. The Morgan fingerprint density at radius 2 is 1.73 bits per heavy atom. The van der Waals surface area contributed by atoms with Crippen LogP contribution in [0.25, 0.3) is 0 Å². The predicted octanol–water partition coefficient (Wildman–Crippen LogP) is 1.37. The molecule has 3 unspecified atom stereocenters. The van der Waals surface area contributed by atoms with Crippen LogP contribution in [0.15, 0.2) is 24.3 Å². The summed E-state index contributed by atoms with van der Waals surface area (Å²) < 4.78 is 34.2. The molecule has 5 amide bonds. The van der Waals surface area contributed by atoms with Gasteiger partial charge in [-0.05, 0) is 31.8 Å². The van der Waals surface area contributed by atoms with E-state index in [4.69, 9.17) is 28.4 Å². The average molecular weight is 833 g/mol. The third kappa shape index (κ3) is 12.6. The molecule has 17 nitrogen and oxygen atoms in total. The third-order valence-corrected chi connectivity index (χ3v) is 11.4. The second-order valence-electron chi connectivity index (χ2n) is 14.5. The Morgan fingerprint density at radius 1 is 1.04 bits per heavy atom. The molecule has 5 N–H and O–H groups in total. The molecule has 3 fully saturated rings. The first kappa shape index (κ1) is 47.6. The van der Waals surface area contributed by atoms with Gasteiger partial charge in [-0.15, -0.1) is 12.6 Å². The van der Waals surface area contributed by atoms with Crippen LogP contribution in [0.4, 0.5) is 4.79 Å². The Kier molecular flexibility index (Phi) is 18.6. The normalized spacial score (nSPS) is 29.8. The summed E-state index contributed by atoms with van der Waals surface area (Å²) in [6.45, 7) is 12.5. The summed E-state index contributed by atoms with van der Waals surface area (Å²) in [6.07, 6.45) is -3.98. The van der Waals surface area contributed by atoms with E-state index in [9.17, 15) is 34.2 Å². The van der Waals surface area contributed by atoms with E-state index in [1.54, 1.807) is 6.92 Å². The van der Waals surface area contributed by atoms with E-state index in [2.05, 4.69) is 54.4 Å². The number of rotatable bonds is 21. The van der Waals surface area contributed by atoms with Gasteiger partial charge in [0, 0.05) is 79.0 Å². The van der Waals surface area contributed by atoms with Gasteiger partial charge in [-0.2, -0.15) is 12.6 Å². The molecule has 3 heterocycles. The number of methoxy groups -OCH3 is 3. The molecular weight excluding hydrogens is 773 g/mol. The first-order valence-corrected chi connectivity index (χ1v) is 19.8. The van der Waals surface area contributed by atoms with Crippen LogP contribution < -0.4 is 16.0 Å². The van der Waals surface area contributed by atoms with Gasteiger partial charge >= 0.3 is 6.09 Å². The van der Waals surface area contributed by atoms with Gasteiger partial charge in [-0.25, -0.2) is 4.79 Å². The molecule has 19 heteroatoms. The fourth-order valence-electron chi connectivity index (χ4n) is 6.70. The lowest BCUT2D eigenvalue weighted by Crippen LogP contribution is -2.63. The van der Waals surface area contributed by atoms with Gasteiger partial charge in [0.2, 0.25) is 23.5 Å². The number of unbranched alkanes of at least 4 members (excludes halogenated alkanes) is 2. The Hall–Kier alpha value is -2.75. The number of amides is 5. The molecule has 0 radical (unpaired) electrons. The maximum Gasteiger partial charge on any atom is 0.407 e. The van der Waals surface area contributed by atoms with Crippen LogP contribution in [0, 0.1) is 5.92 Å². The summed E-state index contributed by atoms with van der Waals surface area (Å²) in [5.41, 5.74) is 1.08. The van der Waals surface area contributed by atoms with Crippen molar-refractivity contribution in [2.75, 3.05) is 47.6 Å². The Labute approximate surface area is 339 Å². The molecule has 56 heavy (non-hydrogen) atoms. The van der Waals surface area contributed by atoms with Gasteiger partial charge in [-0.1, -0.05) is 32.1 Å². The van der Waals surface area contributed by atoms with Crippen LogP contribution in [0.2, 0.25) is 0 Å². The van der Waals surface area contributed by atoms with E-state index in [0.717, 1.165) is 5.57 Å². The highest BCUT2D eigenvalue weighted by atomic mass is 32.1. The van der Waals surface area contributed by atoms with Crippen molar-refractivity contribution in [3.63, 3.8) is 0 Å². The van der Waals surface area contributed by atoms with E-state index >= 15 is 0 Å². The van der Waals surface area contributed by atoms with E-state index < -0.39 is 58.6 Å². The first-order valence-electron chi connectivity index (χ1n) is 18.8. The zero-order valence-corrected chi connectivity index (χ0v) is 34.7. The van der Waals surface area contributed by atoms with Crippen molar-refractivity contribution in [1.29, 1.82) is 0 Å². The van der Waals surface area contributed by atoms with Crippen LogP contribution in [0.1, 0.15) is 71.6 Å². The second kappa shape index (κ2) is 21.9. The molecule has 3 saturated heterocycles. The number of hydrogen-bond acceptors (Lipinski definition) is 15. The lowest BCUT2D eigenvalue weighted by molar-refractivity contribution is -0.298. The summed E-state index contributed by atoms with van der Waals surface area (Å²) in [6, 6.07) is 0. The topological polar surface area (TPSA) is 221 Å². The molecule has 10 atom stereocenters. The van der Waals surface area contributed by atoms with E-state index in [0.29, 0.717) is 50.8 Å². The lowest BCUT2D eigenvalue weighted by Gasteiger charge is -2.47. The monoisotopic (exact) mass is 832 g/mol. The summed E-state index contributed by atoms with van der Waals surface area (Å²) in [7, 11) is 4.06. The predicted molar refractivity (Wildman–Crippen MR) is 209 cm³/mol. The van der Waals surface area contributed by atoms with Crippen LogP contribution >= 0.6 is 25.3 Å². The molecule has 0 aromatic rings. The number of ether oxygens (including phenoxy) is 6. The molecule has 3 aliphatic heterocycles. The second-order valence-corrected chi connectivity index (χ2v) is 15.9. The number of aliphatic hydroxyl groups is 2. The maximum absolute atomic E-state index is 13.4. The standard InChI is InChI=1S/C37H60N4O13S2/c1-21-18-36(51-7,53-24(4)22(21)2)31(45)32(46)40-34(50-6)37(56)19-26(42)23(3)27(54-37)16-25(49-5)20-52-35(48)39-14-11-13-38-29(43)12-9-8-10-15-41-30(44)17-28(55)33(41)47/h22,24-28,31,34,42,45,55-56H,1,3,8-20H2,2,4-7H3,(H,38,43)(H,39,48)(H,40,46)/t22?,24?,25-,26+,27+,28?,31+,34-,36+,37+/m0/s1. The summed E-state index contributed by atoms with van der Waals surface area (Å²) in [4.78, 5) is 61.3. The van der Waals surface area contributed by atoms with Gasteiger partial charge in [0.25, 0.3) is 5.91 Å². The SMILES string of the molecule is C=C1C[C@](OC)([C@H](O)C(=O)N[C@@H](OC)[C@]2(S)C[C@@H](O)C(=C)[C@@H](C[C@@H](COC(=O)NCCCNC(=O)CCCCCN3C(=O)CC(S)C3=O)OC)O2)OC(C)C1C. The molecule has 0 saturated carbocycles. The number of thiol groups is 2. The molecule has 0 spiro atoms. The minimum Gasteiger partial charge on any atom is -0.447 e. The van der Waals surface area contributed by atoms with Crippen molar-refractivity contribution < 1.29 is 62.6 Å². The highest BCUT2D eigenvalue weighted by molar-refractivity contribution is 7.82. The first-order chi connectivity index (χ1) is 26.4. The fourth-order valence-corrected chi connectivity index (χ4v) is 7.47. The minimum atomic E-state index is -1.79. The number of nitrogens with one attached hydrogen (secondary N) is 3. The van der Waals surface area contributed by atoms with Crippen molar-refractivity contribution >= 4 is 55.0 Å². The number of nitrogens with zero attached hydrogens (tertiary/aromatic N) is 1. The highest BCUT2D eigenvalue weighted by Gasteiger charge is 2.52. The summed E-state index contributed by atoms with van der Waals surface area (Å²) in [5, 5.41) is 29.6. The smallest absolute Gasteiger partial charge is 0.407 e. The minimum absolute atomic E-state index is 0.0165. The van der Waals surface area contributed by atoms with Crippen molar-refractivity contribution in [3.8, 4) is 0 Å². The van der Waals surface area contributed by atoms with Crippen LogP contribution in [0.5, 0.6) is 0 Å². The van der Waals surface area contributed by atoms with Gasteiger partial charge < -0.3 is 54.6 Å². The number of hydrogen-bond donors (Lipinski definition) is 7. The quantitative estimate of drug-likeness (QED) is 0.0286. The number of imide groups is 1. The number of carbonyl (C=O) groups is 5. The van der Waals surface area contributed by atoms with Gasteiger partial charge in [0.05, 0.1) is 29.7 Å². The zero-order valence-electron chi connectivity index (χ0n) is 33.0. The van der Waals surface area contributed by atoms with Gasteiger partial charge in [0.1, 0.15) is 6.61 Å². The number of carbonyl (C=O) groups excluding carboxylic acids is 5. The van der Waals surface area contributed by atoms with Crippen LogP contribution in [0.3, 0.4) is 0 Å². The molecule has 0 aromatic heterocycles. The summed E-state index contributed by atoms with van der Waals surface area (Å²) in [5.74, 6) is -3.20. The third-order valence-electron chi connectivity index (χ3n) is 10.5. The largest absolute Gasteiger partial charge is 0.447 e. The molecule has 0 bridgehead atoms. The Bertz CT molecular complexity index is 1420. The maximum atomic E-state index is 13.4. The summed E-state index contributed by atoms with van der Waals surface area (Å²) >= 11 is 8.79. The molecule has 318 valence electrons. The molecular formula is C37H60N4O13S2. The van der Waals surface area contributed by atoms with E-state index in [1.807, 2.05) is 6.92 Å². The number of alkyl carbamates (subject to hydrolysis) is 1. The number of likely N-dealkylation sites (tertiary alicyclic amines) is 1. The Morgan fingerprint density at radius 3 is 2.34 bits per heavy atom.